The molecule has 1 aromatic carbocycles. The minimum absolute atomic E-state index is 0.0580. The highest BCUT2D eigenvalue weighted by atomic mass is 32.2. The van der Waals surface area contributed by atoms with Crippen LogP contribution >= 0.6 is 0 Å². The van der Waals surface area contributed by atoms with Crippen molar-refractivity contribution in [2.45, 2.75) is 11.8 Å². The molecule has 2 aromatic rings. The van der Waals surface area contributed by atoms with Gasteiger partial charge in [-0.1, -0.05) is 12.1 Å². The monoisotopic (exact) mass is 386 g/mol. The van der Waals surface area contributed by atoms with Gasteiger partial charge in [-0.2, -0.15) is 14.6 Å². The van der Waals surface area contributed by atoms with Crippen LogP contribution in [0, 0.1) is 18.3 Å². The highest BCUT2D eigenvalue weighted by Gasteiger charge is 2.31. The van der Waals surface area contributed by atoms with Crippen LogP contribution in [0.2, 0.25) is 0 Å². The second kappa shape index (κ2) is 7.50. The molecule has 8 nitrogen and oxygen atoms in total. The lowest BCUT2D eigenvalue weighted by Crippen LogP contribution is -2.49. The number of nitrogens with zero attached hydrogens (tertiary/aromatic N) is 6. The molecule has 0 saturated carbocycles. The molecule has 0 radical (unpaired) electrons. The fourth-order valence-corrected chi connectivity index (χ4v) is 4.52. The van der Waals surface area contributed by atoms with Crippen LogP contribution in [0.15, 0.2) is 35.2 Å². The van der Waals surface area contributed by atoms with Gasteiger partial charge in [-0.3, -0.25) is 0 Å². The number of nitriles is 1. The smallest absolute Gasteiger partial charge is 0.244 e. The molecule has 1 aliphatic heterocycles. The Bertz CT molecular complexity index is 976. The van der Waals surface area contributed by atoms with E-state index in [1.165, 1.54) is 16.4 Å². The van der Waals surface area contributed by atoms with Gasteiger partial charge in [-0.05, 0) is 19.1 Å². The summed E-state index contributed by atoms with van der Waals surface area (Å²) in [5, 5.41) is 9.21. The van der Waals surface area contributed by atoms with Crippen molar-refractivity contribution in [3.05, 3.63) is 41.6 Å². The predicted octanol–water partition coefficient (Wildman–Crippen LogP) is 1.23. The Morgan fingerprint density at radius 2 is 1.78 bits per heavy atom. The molecule has 0 spiro atoms. The minimum Gasteiger partial charge on any atom is -0.363 e. The molecule has 3 rings (SSSR count). The lowest BCUT2D eigenvalue weighted by atomic mass is 10.2. The number of hydrogen-bond acceptors (Lipinski definition) is 7. The second-order valence-corrected chi connectivity index (χ2v) is 8.47. The standard InChI is InChI=1S/C18H22N6O2S/c1-14-12-17(22(2)3)21-18(20-14)23-8-10-24(11-9-23)27(25,26)16-7-5-4-6-15(16)13-19/h4-7,12H,8-11H2,1-3H3. The molecule has 1 aliphatic rings. The number of aryl methyl sites for hydroxylation is 1. The Morgan fingerprint density at radius 1 is 1.11 bits per heavy atom. The summed E-state index contributed by atoms with van der Waals surface area (Å²) in [7, 11) is 0.134. The van der Waals surface area contributed by atoms with Gasteiger partial charge in [-0.25, -0.2) is 13.4 Å². The van der Waals surface area contributed by atoms with Gasteiger partial charge in [0.1, 0.15) is 11.9 Å². The molecule has 1 saturated heterocycles. The van der Waals surface area contributed by atoms with E-state index in [2.05, 4.69) is 9.97 Å². The zero-order chi connectivity index (χ0) is 19.6. The Labute approximate surface area is 159 Å². The number of sulfonamides is 1. The van der Waals surface area contributed by atoms with Crippen molar-refractivity contribution in [2.24, 2.45) is 0 Å². The number of benzene rings is 1. The van der Waals surface area contributed by atoms with Crippen molar-refractivity contribution in [2.75, 3.05) is 50.1 Å². The molecule has 0 unspecified atom stereocenters. The molecular formula is C18H22N6O2S. The van der Waals surface area contributed by atoms with Crippen molar-refractivity contribution in [1.82, 2.24) is 14.3 Å². The third kappa shape index (κ3) is 3.86. The summed E-state index contributed by atoms with van der Waals surface area (Å²) in [5.74, 6) is 1.42. The van der Waals surface area contributed by atoms with Crippen LogP contribution in [0.5, 0.6) is 0 Å². The summed E-state index contributed by atoms with van der Waals surface area (Å²) in [4.78, 5) is 13.0. The number of aromatic nitrogens is 2. The summed E-state index contributed by atoms with van der Waals surface area (Å²) >= 11 is 0. The summed E-state index contributed by atoms with van der Waals surface area (Å²) in [6.45, 7) is 3.53. The van der Waals surface area contributed by atoms with Gasteiger partial charge in [0, 0.05) is 52.0 Å². The average molecular weight is 386 g/mol. The van der Waals surface area contributed by atoms with Crippen LogP contribution in [0.25, 0.3) is 0 Å². The van der Waals surface area contributed by atoms with E-state index in [1.54, 1.807) is 12.1 Å². The molecular weight excluding hydrogens is 364 g/mol. The first kappa shape index (κ1) is 19.1. The van der Waals surface area contributed by atoms with Crippen LogP contribution in [-0.2, 0) is 10.0 Å². The maximum Gasteiger partial charge on any atom is 0.244 e. The maximum absolute atomic E-state index is 12.9. The molecule has 0 amide bonds. The van der Waals surface area contributed by atoms with Crippen molar-refractivity contribution in [3.8, 4) is 6.07 Å². The lowest BCUT2D eigenvalue weighted by Gasteiger charge is -2.34. The molecule has 0 atom stereocenters. The van der Waals surface area contributed by atoms with Gasteiger partial charge in [0.25, 0.3) is 0 Å². The molecule has 9 heteroatoms. The van der Waals surface area contributed by atoms with Gasteiger partial charge >= 0.3 is 0 Å². The highest BCUT2D eigenvalue weighted by Crippen LogP contribution is 2.23. The van der Waals surface area contributed by atoms with Crippen molar-refractivity contribution in [1.29, 1.82) is 5.26 Å². The van der Waals surface area contributed by atoms with Gasteiger partial charge in [-0.15, -0.1) is 0 Å². The van der Waals surface area contributed by atoms with Crippen LogP contribution in [0.1, 0.15) is 11.3 Å². The molecule has 2 heterocycles. The quantitative estimate of drug-likeness (QED) is 0.780. The number of hydrogen-bond donors (Lipinski definition) is 0. The third-order valence-electron chi connectivity index (χ3n) is 4.43. The van der Waals surface area contributed by atoms with E-state index < -0.39 is 10.0 Å². The summed E-state index contributed by atoms with van der Waals surface area (Å²) in [6, 6.07) is 10.2. The first-order chi connectivity index (χ1) is 12.8. The Morgan fingerprint density at radius 3 is 2.41 bits per heavy atom. The number of rotatable bonds is 4. The molecule has 0 N–H and O–H groups in total. The van der Waals surface area contributed by atoms with Crippen molar-refractivity contribution >= 4 is 21.8 Å². The van der Waals surface area contributed by atoms with E-state index in [0.717, 1.165) is 11.5 Å². The molecule has 1 fully saturated rings. The van der Waals surface area contributed by atoms with Gasteiger partial charge in [0.15, 0.2) is 0 Å². The fourth-order valence-electron chi connectivity index (χ4n) is 2.96. The minimum atomic E-state index is -3.71. The van der Waals surface area contributed by atoms with Crippen molar-refractivity contribution < 1.29 is 8.42 Å². The van der Waals surface area contributed by atoms with Crippen LogP contribution in [-0.4, -0.2) is 63.0 Å². The maximum atomic E-state index is 12.9. The Balaban J connectivity index is 1.79. The van der Waals surface area contributed by atoms with E-state index in [-0.39, 0.29) is 10.5 Å². The zero-order valence-electron chi connectivity index (χ0n) is 15.6. The highest BCUT2D eigenvalue weighted by molar-refractivity contribution is 7.89. The Hall–Kier alpha value is -2.70. The molecule has 142 valence electrons. The number of piperazine rings is 1. The van der Waals surface area contributed by atoms with Crippen LogP contribution in [0.4, 0.5) is 11.8 Å². The Kier molecular flexibility index (Phi) is 5.30. The van der Waals surface area contributed by atoms with Gasteiger partial charge in [0.05, 0.1) is 10.5 Å². The molecule has 0 aliphatic carbocycles. The summed E-state index contributed by atoms with van der Waals surface area (Å²) < 4.78 is 27.3. The van der Waals surface area contributed by atoms with E-state index in [4.69, 9.17) is 0 Å². The SMILES string of the molecule is Cc1cc(N(C)C)nc(N2CCN(S(=O)(=O)c3ccccc3C#N)CC2)n1. The second-order valence-electron chi connectivity index (χ2n) is 6.56. The molecule has 0 bridgehead atoms. The predicted molar refractivity (Wildman–Crippen MR) is 103 cm³/mol. The van der Waals surface area contributed by atoms with Crippen molar-refractivity contribution in [3.63, 3.8) is 0 Å². The van der Waals surface area contributed by atoms with E-state index in [0.29, 0.717) is 32.1 Å². The summed E-state index contributed by atoms with van der Waals surface area (Å²) in [6.07, 6.45) is 0. The fraction of sp³-hybridized carbons (Fsp3) is 0.389. The van der Waals surface area contributed by atoms with Gasteiger partial charge in [0.2, 0.25) is 16.0 Å². The first-order valence-corrected chi connectivity index (χ1v) is 10.0. The van der Waals surface area contributed by atoms with Gasteiger partial charge < -0.3 is 9.80 Å². The van der Waals surface area contributed by atoms with E-state index in [9.17, 15) is 13.7 Å². The molecule has 1 aromatic heterocycles. The van der Waals surface area contributed by atoms with E-state index >= 15 is 0 Å². The normalized spacial score (nSPS) is 15.4. The lowest BCUT2D eigenvalue weighted by molar-refractivity contribution is 0.382. The third-order valence-corrected chi connectivity index (χ3v) is 6.39. The molecule has 27 heavy (non-hydrogen) atoms. The number of anilines is 2. The zero-order valence-corrected chi connectivity index (χ0v) is 16.4. The average Bonchev–Trinajstić information content (AvgIpc) is 2.67. The first-order valence-electron chi connectivity index (χ1n) is 8.60. The van der Waals surface area contributed by atoms with E-state index in [1.807, 2.05) is 43.0 Å². The van der Waals surface area contributed by atoms with Crippen LogP contribution < -0.4 is 9.80 Å². The largest absolute Gasteiger partial charge is 0.363 e. The topological polar surface area (TPSA) is 93.4 Å². The summed E-state index contributed by atoms with van der Waals surface area (Å²) in [5.41, 5.74) is 1.03. The van der Waals surface area contributed by atoms with Crippen LogP contribution in [0.3, 0.4) is 0 Å².